The van der Waals surface area contributed by atoms with E-state index in [2.05, 4.69) is 40.2 Å². The van der Waals surface area contributed by atoms with Crippen molar-refractivity contribution < 1.29 is 0 Å². The first-order chi connectivity index (χ1) is 7.81. The van der Waals surface area contributed by atoms with Gasteiger partial charge in [-0.2, -0.15) is 0 Å². The molecule has 1 heterocycles. The number of aliphatic imine (C=N–C) groups is 1. The number of nitrogens with zero attached hydrogens (tertiary/aromatic N) is 2. The molecule has 4 heteroatoms. The molecule has 17 heavy (non-hydrogen) atoms. The van der Waals surface area contributed by atoms with Gasteiger partial charge in [0.2, 0.25) is 0 Å². The van der Waals surface area contributed by atoms with Crippen molar-refractivity contribution in [3.63, 3.8) is 0 Å². The van der Waals surface area contributed by atoms with Gasteiger partial charge in [0.15, 0.2) is 5.96 Å². The summed E-state index contributed by atoms with van der Waals surface area (Å²) < 4.78 is 0. The number of likely N-dealkylation sites (tertiary alicyclic amines) is 1. The maximum atomic E-state index is 5.91. The Hall–Kier alpha value is -0.780. The molecule has 0 spiro atoms. The second-order valence-corrected chi connectivity index (χ2v) is 4.17. The van der Waals surface area contributed by atoms with Crippen LogP contribution in [-0.2, 0) is 0 Å². The molecule has 0 aliphatic carbocycles. The average molecular weight is 345 g/mol. The molecule has 1 saturated heterocycles. The highest BCUT2D eigenvalue weighted by Crippen LogP contribution is 2.26. The highest BCUT2D eigenvalue weighted by molar-refractivity contribution is 14.0. The minimum absolute atomic E-state index is 0. The summed E-state index contributed by atoms with van der Waals surface area (Å²) in [5, 5.41) is 0. The topological polar surface area (TPSA) is 41.6 Å². The van der Waals surface area contributed by atoms with Crippen molar-refractivity contribution >= 4 is 29.9 Å². The van der Waals surface area contributed by atoms with Gasteiger partial charge < -0.3 is 10.6 Å². The van der Waals surface area contributed by atoms with Crippen molar-refractivity contribution in [2.24, 2.45) is 10.7 Å². The number of rotatable bonds is 2. The third-order valence-electron chi connectivity index (χ3n) is 3.10. The summed E-state index contributed by atoms with van der Waals surface area (Å²) in [7, 11) is 0. The van der Waals surface area contributed by atoms with Crippen LogP contribution in [0.1, 0.15) is 24.8 Å². The lowest BCUT2D eigenvalue weighted by Crippen LogP contribution is -2.35. The number of guanidine groups is 1. The second kappa shape index (κ2) is 6.83. The highest BCUT2D eigenvalue weighted by atomic mass is 127. The Morgan fingerprint density at radius 1 is 1.41 bits per heavy atom. The molecule has 1 aliphatic heterocycles. The van der Waals surface area contributed by atoms with Crippen LogP contribution in [0.15, 0.2) is 35.3 Å². The van der Waals surface area contributed by atoms with Gasteiger partial charge in [0, 0.05) is 25.6 Å². The Kier molecular flexibility index (Phi) is 5.74. The van der Waals surface area contributed by atoms with Gasteiger partial charge in [-0.05, 0) is 18.9 Å². The van der Waals surface area contributed by atoms with Gasteiger partial charge in [0.25, 0.3) is 0 Å². The Morgan fingerprint density at radius 2 is 2.12 bits per heavy atom. The van der Waals surface area contributed by atoms with Crippen LogP contribution in [0.3, 0.4) is 0 Å². The van der Waals surface area contributed by atoms with E-state index in [1.807, 2.05) is 6.92 Å². The van der Waals surface area contributed by atoms with Gasteiger partial charge in [0.1, 0.15) is 0 Å². The van der Waals surface area contributed by atoms with E-state index in [1.165, 1.54) is 12.0 Å². The molecule has 1 aromatic rings. The van der Waals surface area contributed by atoms with E-state index in [0.717, 1.165) is 19.6 Å². The molecule has 0 bridgehead atoms. The van der Waals surface area contributed by atoms with Crippen molar-refractivity contribution in [1.82, 2.24) is 4.90 Å². The Morgan fingerprint density at radius 3 is 2.76 bits per heavy atom. The Bertz CT molecular complexity index is 364. The van der Waals surface area contributed by atoms with Gasteiger partial charge in [-0.3, -0.25) is 4.99 Å². The third-order valence-corrected chi connectivity index (χ3v) is 3.10. The van der Waals surface area contributed by atoms with Crippen molar-refractivity contribution in [3.8, 4) is 0 Å². The molecular formula is C13H20IN3. The van der Waals surface area contributed by atoms with E-state index in [0.29, 0.717) is 11.9 Å². The third kappa shape index (κ3) is 3.59. The average Bonchev–Trinajstić information content (AvgIpc) is 2.80. The zero-order chi connectivity index (χ0) is 11.4. The first kappa shape index (κ1) is 14.3. The van der Waals surface area contributed by atoms with E-state index in [9.17, 15) is 0 Å². The maximum absolute atomic E-state index is 5.91. The first-order valence-electron chi connectivity index (χ1n) is 5.91. The zero-order valence-corrected chi connectivity index (χ0v) is 12.5. The number of nitrogens with two attached hydrogens (primary N) is 1. The standard InChI is InChI=1S/C13H19N3.HI/c1-2-15-13(14)16-9-8-12(10-16)11-6-4-3-5-7-11;/h3-7,12H,2,8-10H2,1H3,(H2,14,15);1H. The van der Waals surface area contributed by atoms with Crippen LogP contribution in [0.2, 0.25) is 0 Å². The van der Waals surface area contributed by atoms with Gasteiger partial charge in [-0.1, -0.05) is 30.3 Å². The largest absolute Gasteiger partial charge is 0.370 e. The fourth-order valence-corrected chi connectivity index (χ4v) is 2.23. The Balaban J connectivity index is 0.00000144. The predicted molar refractivity (Wildman–Crippen MR) is 83.0 cm³/mol. The van der Waals surface area contributed by atoms with Crippen LogP contribution in [0, 0.1) is 0 Å². The summed E-state index contributed by atoms with van der Waals surface area (Å²) in [6.45, 7) is 4.80. The molecule has 2 rings (SSSR count). The molecule has 1 aliphatic rings. The minimum atomic E-state index is 0. The molecule has 0 radical (unpaired) electrons. The number of halogens is 1. The van der Waals surface area contributed by atoms with Crippen LogP contribution < -0.4 is 5.73 Å². The fraction of sp³-hybridized carbons (Fsp3) is 0.462. The summed E-state index contributed by atoms with van der Waals surface area (Å²) in [5.41, 5.74) is 7.32. The van der Waals surface area contributed by atoms with E-state index >= 15 is 0 Å². The monoisotopic (exact) mass is 345 g/mol. The van der Waals surface area contributed by atoms with Crippen molar-refractivity contribution in [3.05, 3.63) is 35.9 Å². The van der Waals surface area contributed by atoms with Crippen molar-refractivity contribution in [2.75, 3.05) is 19.6 Å². The summed E-state index contributed by atoms with van der Waals surface area (Å²) in [4.78, 5) is 6.44. The molecule has 1 atom stereocenters. The SMILES string of the molecule is CCN=C(N)N1CCC(c2ccccc2)C1.I. The first-order valence-corrected chi connectivity index (χ1v) is 5.91. The molecule has 1 unspecified atom stereocenters. The lowest BCUT2D eigenvalue weighted by atomic mass is 9.99. The molecule has 0 saturated carbocycles. The summed E-state index contributed by atoms with van der Waals surface area (Å²) >= 11 is 0. The molecular weight excluding hydrogens is 325 g/mol. The fourth-order valence-electron chi connectivity index (χ4n) is 2.23. The minimum Gasteiger partial charge on any atom is -0.370 e. The number of hydrogen-bond donors (Lipinski definition) is 1. The van der Waals surface area contributed by atoms with Gasteiger partial charge in [-0.15, -0.1) is 24.0 Å². The van der Waals surface area contributed by atoms with Crippen LogP contribution in [0.25, 0.3) is 0 Å². The maximum Gasteiger partial charge on any atom is 0.191 e. The van der Waals surface area contributed by atoms with Gasteiger partial charge in [0.05, 0.1) is 0 Å². The molecule has 0 amide bonds. The van der Waals surface area contributed by atoms with Crippen LogP contribution in [0.4, 0.5) is 0 Å². The van der Waals surface area contributed by atoms with Gasteiger partial charge >= 0.3 is 0 Å². The van der Waals surface area contributed by atoms with E-state index in [-0.39, 0.29) is 24.0 Å². The van der Waals surface area contributed by atoms with Crippen molar-refractivity contribution in [1.29, 1.82) is 0 Å². The van der Waals surface area contributed by atoms with Crippen LogP contribution >= 0.6 is 24.0 Å². The van der Waals surface area contributed by atoms with Crippen molar-refractivity contribution in [2.45, 2.75) is 19.3 Å². The molecule has 94 valence electrons. The molecule has 2 N–H and O–H groups in total. The summed E-state index contributed by atoms with van der Waals surface area (Å²) in [6, 6.07) is 10.6. The molecule has 1 fully saturated rings. The summed E-state index contributed by atoms with van der Waals surface area (Å²) in [6.07, 6.45) is 1.17. The normalized spacial score (nSPS) is 20.2. The molecule has 1 aromatic carbocycles. The van der Waals surface area contributed by atoms with E-state index in [4.69, 9.17) is 5.73 Å². The van der Waals surface area contributed by atoms with Gasteiger partial charge in [-0.25, -0.2) is 0 Å². The smallest absolute Gasteiger partial charge is 0.191 e. The quantitative estimate of drug-likeness (QED) is 0.508. The highest BCUT2D eigenvalue weighted by Gasteiger charge is 2.24. The Labute approximate surface area is 120 Å². The molecule has 3 nitrogen and oxygen atoms in total. The number of benzene rings is 1. The molecule has 0 aromatic heterocycles. The number of hydrogen-bond acceptors (Lipinski definition) is 1. The predicted octanol–water partition coefficient (Wildman–Crippen LogP) is 2.43. The second-order valence-electron chi connectivity index (χ2n) is 4.17. The lowest BCUT2D eigenvalue weighted by Gasteiger charge is -2.17. The van der Waals surface area contributed by atoms with Crippen LogP contribution in [-0.4, -0.2) is 30.5 Å². The van der Waals surface area contributed by atoms with Crippen LogP contribution in [0.5, 0.6) is 0 Å². The zero-order valence-electron chi connectivity index (χ0n) is 10.2. The van der Waals surface area contributed by atoms with E-state index < -0.39 is 0 Å². The van der Waals surface area contributed by atoms with E-state index in [1.54, 1.807) is 0 Å². The summed E-state index contributed by atoms with van der Waals surface area (Å²) in [5.74, 6) is 1.30. The lowest BCUT2D eigenvalue weighted by molar-refractivity contribution is 0.502.